The van der Waals surface area contributed by atoms with Crippen LogP contribution < -0.4 is 10.6 Å². The van der Waals surface area contributed by atoms with Gasteiger partial charge in [-0.25, -0.2) is 14.6 Å². The van der Waals surface area contributed by atoms with Crippen molar-refractivity contribution in [1.29, 1.82) is 0 Å². The molecule has 0 unspecified atom stereocenters. The molecule has 0 saturated carbocycles. The number of nitrogens with zero attached hydrogens (tertiary/aromatic N) is 2. The topological polar surface area (TPSA) is 104 Å². The Labute approximate surface area is 122 Å². The number of rotatable bonds is 3. The summed E-state index contributed by atoms with van der Waals surface area (Å²) in [7, 11) is 0. The van der Waals surface area contributed by atoms with E-state index in [2.05, 4.69) is 20.0 Å². The first-order valence-corrected chi connectivity index (χ1v) is 7.19. The molecule has 0 aliphatic carbocycles. The lowest BCUT2D eigenvalue weighted by Gasteiger charge is -2.04. The molecule has 9 heteroatoms. The van der Waals surface area contributed by atoms with Crippen LogP contribution in [-0.2, 0) is 0 Å². The number of aromatic nitrogens is 2. The third-order valence-corrected chi connectivity index (χ3v) is 4.42. The number of carbonyl (C=O) groups is 2. The quantitative estimate of drug-likeness (QED) is 0.808. The van der Waals surface area contributed by atoms with Crippen molar-refractivity contribution in [3.05, 3.63) is 21.8 Å². The summed E-state index contributed by atoms with van der Waals surface area (Å²) in [5.74, 6) is -0.492. The second-order valence-electron chi connectivity index (χ2n) is 4.02. The van der Waals surface area contributed by atoms with Crippen LogP contribution in [0.5, 0.6) is 0 Å². The van der Waals surface area contributed by atoms with Crippen LogP contribution in [0.3, 0.4) is 0 Å². The Morgan fingerprint density at radius 3 is 2.45 bits per heavy atom. The third kappa shape index (κ3) is 2.94. The van der Waals surface area contributed by atoms with Crippen LogP contribution in [0.1, 0.15) is 26.6 Å². The van der Waals surface area contributed by atoms with Crippen LogP contribution in [0.25, 0.3) is 0 Å². The molecule has 0 bridgehead atoms. The number of anilines is 2. The molecule has 7 nitrogen and oxygen atoms in total. The Morgan fingerprint density at radius 2 is 1.90 bits per heavy atom. The van der Waals surface area contributed by atoms with Crippen molar-refractivity contribution < 1.29 is 14.7 Å². The minimum atomic E-state index is -1.06. The number of aromatic carboxylic acids is 1. The fourth-order valence-electron chi connectivity index (χ4n) is 1.55. The molecule has 0 spiro atoms. The fourth-order valence-corrected chi connectivity index (χ4v) is 3.17. The summed E-state index contributed by atoms with van der Waals surface area (Å²) in [6.45, 7) is 5.24. The second-order valence-corrected chi connectivity index (χ2v) is 5.99. The van der Waals surface area contributed by atoms with Crippen molar-refractivity contribution in [1.82, 2.24) is 9.36 Å². The normalized spacial score (nSPS) is 10.3. The average molecular weight is 312 g/mol. The van der Waals surface area contributed by atoms with Gasteiger partial charge in [-0.2, -0.15) is 4.37 Å². The zero-order valence-corrected chi connectivity index (χ0v) is 12.6. The molecule has 106 valence electrons. The maximum absolute atomic E-state index is 11.8. The number of hydrogen-bond donors (Lipinski definition) is 3. The van der Waals surface area contributed by atoms with Crippen LogP contribution >= 0.6 is 22.9 Å². The number of amides is 2. The maximum atomic E-state index is 11.8. The Morgan fingerprint density at radius 1 is 1.20 bits per heavy atom. The summed E-state index contributed by atoms with van der Waals surface area (Å²) < 4.78 is 3.94. The number of urea groups is 1. The highest BCUT2D eigenvalue weighted by atomic mass is 32.1. The molecule has 3 N–H and O–H groups in total. The summed E-state index contributed by atoms with van der Waals surface area (Å²) in [5, 5.41) is 14.9. The summed E-state index contributed by atoms with van der Waals surface area (Å²) in [6.07, 6.45) is 0. The first-order chi connectivity index (χ1) is 9.38. The van der Waals surface area contributed by atoms with Gasteiger partial charge in [-0.15, -0.1) is 11.3 Å². The van der Waals surface area contributed by atoms with Crippen molar-refractivity contribution >= 4 is 45.0 Å². The lowest BCUT2D eigenvalue weighted by Crippen LogP contribution is -2.20. The molecule has 2 amide bonds. The van der Waals surface area contributed by atoms with E-state index in [1.807, 2.05) is 6.92 Å². The zero-order chi connectivity index (χ0) is 14.9. The van der Waals surface area contributed by atoms with E-state index < -0.39 is 12.0 Å². The summed E-state index contributed by atoms with van der Waals surface area (Å²) in [4.78, 5) is 27.9. The highest BCUT2D eigenvalue weighted by molar-refractivity contribution is 7.16. The molecular weight excluding hydrogens is 300 g/mol. The van der Waals surface area contributed by atoms with E-state index in [4.69, 9.17) is 0 Å². The molecule has 0 radical (unpaired) electrons. The summed E-state index contributed by atoms with van der Waals surface area (Å²) in [5.41, 5.74) is 0.778. The number of carboxylic acids is 1. The molecule has 0 aromatic carbocycles. The summed E-state index contributed by atoms with van der Waals surface area (Å²) in [6, 6.07) is -0.537. The number of carbonyl (C=O) groups excluding carboxylic acids is 1. The third-order valence-electron chi connectivity index (χ3n) is 2.57. The highest BCUT2D eigenvalue weighted by Gasteiger charge is 2.20. The van der Waals surface area contributed by atoms with E-state index >= 15 is 0 Å². The number of nitrogens with one attached hydrogen (secondary N) is 2. The van der Waals surface area contributed by atoms with Crippen LogP contribution in [0, 0.1) is 20.8 Å². The molecule has 20 heavy (non-hydrogen) atoms. The number of aryl methyl sites for hydroxylation is 2. The maximum Gasteiger partial charge on any atom is 0.338 e. The molecule has 2 rings (SSSR count). The van der Waals surface area contributed by atoms with Crippen LogP contribution in [0.2, 0.25) is 0 Å². The number of hydrogen-bond acceptors (Lipinski definition) is 6. The van der Waals surface area contributed by atoms with E-state index in [9.17, 15) is 14.7 Å². The van der Waals surface area contributed by atoms with Crippen LogP contribution in [0.4, 0.5) is 14.9 Å². The van der Waals surface area contributed by atoms with E-state index in [1.165, 1.54) is 11.3 Å². The van der Waals surface area contributed by atoms with Gasteiger partial charge in [0.2, 0.25) is 5.13 Å². The molecule has 0 aliphatic rings. The lowest BCUT2D eigenvalue weighted by molar-refractivity contribution is 0.0697. The minimum Gasteiger partial charge on any atom is -0.478 e. The minimum absolute atomic E-state index is 0.121. The van der Waals surface area contributed by atoms with Gasteiger partial charge in [0, 0.05) is 16.4 Å². The van der Waals surface area contributed by atoms with Gasteiger partial charge in [0.05, 0.1) is 5.56 Å². The van der Waals surface area contributed by atoms with Crippen LogP contribution in [0.15, 0.2) is 0 Å². The van der Waals surface area contributed by atoms with Gasteiger partial charge in [0.15, 0.2) is 0 Å². The Balaban J connectivity index is 2.16. The van der Waals surface area contributed by atoms with Gasteiger partial charge in [-0.1, -0.05) is 0 Å². The van der Waals surface area contributed by atoms with E-state index in [0.29, 0.717) is 21.5 Å². The number of thiophene rings is 1. The van der Waals surface area contributed by atoms with E-state index in [0.717, 1.165) is 16.4 Å². The van der Waals surface area contributed by atoms with Crippen molar-refractivity contribution in [2.75, 3.05) is 10.6 Å². The Hall–Kier alpha value is -2.00. The van der Waals surface area contributed by atoms with E-state index in [1.54, 1.807) is 13.8 Å². The first-order valence-electron chi connectivity index (χ1n) is 5.60. The molecule has 0 fully saturated rings. The van der Waals surface area contributed by atoms with Gasteiger partial charge in [-0.3, -0.25) is 10.6 Å². The zero-order valence-electron chi connectivity index (χ0n) is 11.0. The molecule has 0 aliphatic heterocycles. The fraction of sp³-hybridized carbons (Fsp3) is 0.273. The van der Waals surface area contributed by atoms with Crippen molar-refractivity contribution in [2.24, 2.45) is 0 Å². The molecule has 0 atom stereocenters. The van der Waals surface area contributed by atoms with Gasteiger partial charge in [0.1, 0.15) is 10.8 Å². The summed E-state index contributed by atoms with van der Waals surface area (Å²) >= 11 is 2.29. The van der Waals surface area contributed by atoms with Gasteiger partial charge in [-0.05, 0) is 26.3 Å². The largest absolute Gasteiger partial charge is 0.478 e. The smallest absolute Gasteiger partial charge is 0.338 e. The SMILES string of the molecule is Cc1nsc(NC(=O)Nc2sc(C)c(C)c2C(=O)O)n1. The molecule has 2 aromatic heterocycles. The predicted molar refractivity (Wildman–Crippen MR) is 78.0 cm³/mol. The molecule has 2 aromatic rings. The van der Waals surface area contributed by atoms with Crippen LogP contribution in [-0.4, -0.2) is 26.5 Å². The average Bonchev–Trinajstić information content (AvgIpc) is 2.84. The van der Waals surface area contributed by atoms with Gasteiger partial charge >= 0.3 is 12.0 Å². The van der Waals surface area contributed by atoms with Crippen molar-refractivity contribution in [3.8, 4) is 0 Å². The van der Waals surface area contributed by atoms with Crippen molar-refractivity contribution in [3.63, 3.8) is 0 Å². The van der Waals surface area contributed by atoms with E-state index in [-0.39, 0.29) is 5.56 Å². The predicted octanol–water partition coefficient (Wildman–Crippen LogP) is 2.87. The monoisotopic (exact) mass is 312 g/mol. The highest BCUT2D eigenvalue weighted by Crippen LogP contribution is 2.32. The van der Waals surface area contributed by atoms with Gasteiger partial charge in [0.25, 0.3) is 0 Å². The Kier molecular flexibility index (Phi) is 4.00. The first kappa shape index (κ1) is 14.4. The second kappa shape index (κ2) is 5.55. The Bertz CT molecular complexity index is 677. The van der Waals surface area contributed by atoms with Crippen molar-refractivity contribution in [2.45, 2.75) is 20.8 Å². The molecular formula is C11H12N4O3S2. The molecule has 0 saturated heterocycles. The lowest BCUT2D eigenvalue weighted by atomic mass is 10.1. The molecule has 2 heterocycles. The number of carboxylic acid groups (broad SMARTS) is 1. The standard InChI is InChI=1S/C11H12N4O3S2/c1-4-5(2)19-8(7(4)9(16)17)13-10(18)14-11-12-6(3)15-20-11/h1-3H3,(H,16,17)(H2,12,13,14,15,18). The van der Waals surface area contributed by atoms with Gasteiger partial charge < -0.3 is 5.11 Å².